The lowest BCUT2D eigenvalue weighted by Gasteiger charge is -2.31. The van der Waals surface area contributed by atoms with Crippen LogP contribution in [-0.4, -0.2) is 13.1 Å². The SMILES string of the molecule is COC(=O)[C@@]1(C)C[C@@H]2CC[C@H]1C21CC1. The van der Waals surface area contributed by atoms with Gasteiger partial charge in [-0.15, -0.1) is 0 Å². The molecule has 78 valence electrons. The van der Waals surface area contributed by atoms with Crippen molar-refractivity contribution >= 4 is 5.97 Å². The van der Waals surface area contributed by atoms with Crippen molar-refractivity contribution in [2.24, 2.45) is 22.7 Å². The molecule has 3 aliphatic rings. The van der Waals surface area contributed by atoms with Crippen molar-refractivity contribution in [3.8, 4) is 0 Å². The number of rotatable bonds is 1. The van der Waals surface area contributed by atoms with Gasteiger partial charge in [0.25, 0.3) is 0 Å². The number of hydrogen-bond donors (Lipinski definition) is 0. The number of hydrogen-bond acceptors (Lipinski definition) is 2. The van der Waals surface area contributed by atoms with Gasteiger partial charge in [-0.2, -0.15) is 0 Å². The van der Waals surface area contributed by atoms with E-state index >= 15 is 0 Å². The second-order valence-electron chi connectivity index (χ2n) is 5.67. The van der Waals surface area contributed by atoms with Gasteiger partial charge in [0, 0.05) is 0 Å². The van der Waals surface area contributed by atoms with Gasteiger partial charge in [0.1, 0.15) is 0 Å². The number of methoxy groups -OCH3 is 1. The van der Waals surface area contributed by atoms with Crippen molar-refractivity contribution in [1.29, 1.82) is 0 Å². The number of carbonyl (C=O) groups is 1. The molecule has 3 atom stereocenters. The second-order valence-corrected chi connectivity index (χ2v) is 5.67. The highest BCUT2D eigenvalue weighted by atomic mass is 16.5. The number of ether oxygens (including phenoxy) is 1. The number of carbonyl (C=O) groups excluding carboxylic acids is 1. The van der Waals surface area contributed by atoms with E-state index in [9.17, 15) is 4.79 Å². The second kappa shape index (κ2) is 2.34. The van der Waals surface area contributed by atoms with Crippen LogP contribution in [0.15, 0.2) is 0 Å². The molecule has 0 radical (unpaired) electrons. The number of esters is 1. The predicted molar refractivity (Wildman–Crippen MR) is 52.6 cm³/mol. The monoisotopic (exact) mass is 194 g/mol. The Hall–Kier alpha value is -0.530. The molecule has 3 aliphatic carbocycles. The quantitative estimate of drug-likeness (QED) is 0.599. The van der Waals surface area contributed by atoms with Crippen molar-refractivity contribution in [1.82, 2.24) is 0 Å². The average Bonchev–Trinajstić information content (AvgIpc) is 2.84. The van der Waals surface area contributed by atoms with Crippen molar-refractivity contribution in [3.63, 3.8) is 0 Å². The molecule has 2 bridgehead atoms. The molecule has 0 amide bonds. The van der Waals surface area contributed by atoms with E-state index in [-0.39, 0.29) is 11.4 Å². The summed E-state index contributed by atoms with van der Waals surface area (Å²) >= 11 is 0. The van der Waals surface area contributed by atoms with E-state index in [0.29, 0.717) is 11.3 Å². The Morgan fingerprint density at radius 2 is 2.07 bits per heavy atom. The van der Waals surface area contributed by atoms with Crippen LogP contribution in [0.3, 0.4) is 0 Å². The minimum atomic E-state index is -0.145. The molecule has 3 rings (SSSR count). The highest BCUT2D eigenvalue weighted by Gasteiger charge is 2.70. The van der Waals surface area contributed by atoms with Crippen LogP contribution in [0.5, 0.6) is 0 Å². The summed E-state index contributed by atoms with van der Waals surface area (Å²) in [7, 11) is 1.53. The van der Waals surface area contributed by atoms with Crippen LogP contribution in [0.1, 0.15) is 39.0 Å². The molecule has 0 heterocycles. The summed E-state index contributed by atoms with van der Waals surface area (Å²) < 4.78 is 4.97. The van der Waals surface area contributed by atoms with E-state index in [0.717, 1.165) is 12.3 Å². The first kappa shape index (κ1) is 8.75. The minimum absolute atomic E-state index is 0.0379. The Morgan fingerprint density at radius 3 is 2.57 bits per heavy atom. The summed E-state index contributed by atoms with van der Waals surface area (Å²) in [4.78, 5) is 11.8. The van der Waals surface area contributed by atoms with Gasteiger partial charge in [0.15, 0.2) is 0 Å². The maximum atomic E-state index is 11.8. The van der Waals surface area contributed by atoms with Gasteiger partial charge in [-0.1, -0.05) is 0 Å². The lowest BCUT2D eigenvalue weighted by Crippen LogP contribution is -2.35. The maximum Gasteiger partial charge on any atom is 0.311 e. The standard InChI is InChI=1S/C12H18O2/c1-11(10(13)14-2)7-8-3-4-9(11)12(8)5-6-12/h8-9H,3-7H2,1-2H3/t8-,9+,11-/m0/s1. The van der Waals surface area contributed by atoms with E-state index in [1.165, 1.54) is 32.8 Å². The molecular weight excluding hydrogens is 176 g/mol. The zero-order valence-corrected chi connectivity index (χ0v) is 9.01. The third-order valence-electron chi connectivity index (χ3n) is 5.23. The van der Waals surface area contributed by atoms with Crippen molar-refractivity contribution in [2.75, 3.05) is 7.11 Å². The van der Waals surface area contributed by atoms with Crippen molar-refractivity contribution in [2.45, 2.75) is 39.0 Å². The Morgan fingerprint density at radius 1 is 1.36 bits per heavy atom. The molecular formula is C12H18O2. The van der Waals surface area contributed by atoms with Gasteiger partial charge in [-0.05, 0) is 56.3 Å². The van der Waals surface area contributed by atoms with E-state index in [1.54, 1.807) is 0 Å². The summed E-state index contributed by atoms with van der Waals surface area (Å²) in [6.45, 7) is 2.13. The Bertz CT molecular complexity index is 293. The molecule has 0 aromatic rings. The van der Waals surface area contributed by atoms with Gasteiger partial charge in [-0.3, -0.25) is 4.79 Å². The summed E-state index contributed by atoms with van der Waals surface area (Å²) in [6.07, 6.45) is 6.45. The zero-order chi connectivity index (χ0) is 9.97. The minimum Gasteiger partial charge on any atom is -0.469 e. The van der Waals surface area contributed by atoms with Gasteiger partial charge < -0.3 is 4.74 Å². The topological polar surface area (TPSA) is 26.3 Å². The molecule has 14 heavy (non-hydrogen) atoms. The van der Waals surface area contributed by atoms with Crippen LogP contribution in [0.4, 0.5) is 0 Å². The fourth-order valence-electron chi connectivity index (χ4n) is 4.50. The first-order chi connectivity index (χ1) is 6.63. The third-order valence-corrected chi connectivity index (χ3v) is 5.23. The van der Waals surface area contributed by atoms with Gasteiger partial charge in [-0.25, -0.2) is 0 Å². The summed E-state index contributed by atoms with van der Waals surface area (Å²) in [6, 6.07) is 0. The van der Waals surface area contributed by atoms with Crippen LogP contribution in [0.25, 0.3) is 0 Å². The van der Waals surface area contributed by atoms with Crippen LogP contribution in [0, 0.1) is 22.7 Å². The molecule has 2 nitrogen and oxygen atoms in total. The predicted octanol–water partition coefficient (Wildman–Crippen LogP) is 2.38. The fraction of sp³-hybridized carbons (Fsp3) is 0.917. The van der Waals surface area contributed by atoms with Crippen molar-refractivity contribution < 1.29 is 9.53 Å². The fourth-order valence-corrected chi connectivity index (χ4v) is 4.50. The normalized spacial score (nSPS) is 47.0. The molecule has 0 unspecified atom stereocenters. The van der Waals surface area contributed by atoms with Crippen LogP contribution < -0.4 is 0 Å². The zero-order valence-electron chi connectivity index (χ0n) is 9.01. The smallest absolute Gasteiger partial charge is 0.311 e. The largest absolute Gasteiger partial charge is 0.469 e. The van der Waals surface area contributed by atoms with E-state index in [2.05, 4.69) is 6.92 Å². The molecule has 0 aromatic carbocycles. The van der Waals surface area contributed by atoms with Crippen LogP contribution in [0.2, 0.25) is 0 Å². The third kappa shape index (κ3) is 0.768. The summed E-state index contributed by atoms with van der Waals surface area (Å²) in [5.41, 5.74) is 0.442. The van der Waals surface area contributed by atoms with Crippen LogP contribution >= 0.6 is 0 Å². The molecule has 0 aliphatic heterocycles. The Kier molecular flexibility index (Phi) is 1.46. The Balaban J connectivity index is 1.95. The van der Waals surface area contributed by atoms with Crippen LogP contribution in [-0.2, 0) is 9.53 Å². The maximum absolute atomic E-state index is 11.8. The highest BCUT2D eigenvalue weighted by molar-refractivity contribution is 5.78. The molecule has 2 heteroatoms. The first-order valence-electron chi connectivity index (χ1n) is 5.72. The molecule has 0 N–H and O–H groups in total. The molecule has 0 saturated heterocycles. The molecule has 3 fully saturated rings. The molecule has 3 saturated carbocycles. The van der Waals surface area contributed by atoms with E-state index in [4.69, 9.17) is 4.74 Å². The first-order valence-corrected chi connectivity index (χ1v) is 5.72. The lowest BCUT2D eigenvalue weighted by atomic mass is 9.73. The molecule has 0 aromatic heterocycles. The molecule has 1 spiro atoms. The van der Waals surface area contributed by atoms with Gasteiger partial charge in [0.05, 0.1) is 12.5 Å². The van der Waals surface area contributed by atoms with Gasteiger partial charge in [0.2, 0.25) is 0 Å². The summed E-state index contributed by atoms with van der Waals surface area (Å²) in [5.74, 6) is 1.50. The average molecular weight is 194 g/mol. The highest BCUT2D eigenvalue weighted by Crippen LogP contribution is 2.76. The van der Waals surface area contributed by atoms with Gasteiger partial charge >= 0.3 is 5.97 Å². The Labute approximate surface area is 85.0 Å². The van der Waals surface area contributed by atoms with E-state index in [1.807, 2.05) is 0 Å². The van der Waals surface area contributed by atoms with E-state index < -0.39 is 0 Å². The lowest BCUT2D eigenvalue weighted by molar-refractivity contribution is -0.155. The van der Waals surface area contributed by atoms with Crippen molar-refractivity contribution in [3.05, 3.63) is 0 Å². The summed E-state index contributed by atoms with van der Waals surface area (Å²) in [5, 5.41) is 0.